The summed E-state index contributed by atoms with van der Waals surface area (Å²) in [6, 6.07) is 0. The molecule has 4 unspecified atom stereocenters. The maximum Gasteiger partial charge on any atom is 1.00 e. The molecule has 0 aliphatic rings. The SMILES string of the molecule is CC(F)(CC(CCCCI)C(F)(F)F)C(F)(F)F.CC(F)(CC(CCCCSC#N)C(F)(F)F)C(F)(F)F.N#C[S-].[K+]. The molecule has 0 saturated carbocycles. The van der Waals surface area contributed by atoms with Gasteiger partial charge in [0.05, 0.1) is 11.8 Å². The average Bonchev–Trinajstić information content (AvgIpc) is 2.75. The Bertz CT molecular complexity index is 789. The van der Waals surface area contributed by atoms with Gasteiger partial charge in [0.2, 0.25) is 11.3 Å². The van der Waals surface area contributed by atoms with E-state index in [1.54, 1.807) is 5.40 Å². The van der Waals surface area contributed by atoms with Crippen molar-refractivity contribution in [2.75, 3.05) is 10.2 Å². The van der Waals surface area contributed by atoms with Gasteiger partial charge in [-0.05, 0) is 55.7 Å². The Labute approximate surface area is 301 Å². The quantitative estimate of drug-likeness (QED) is 0.0364. The number of thioether (sulfide) groups is 1. The van der Waals surface area contributed by atoms with Gasteiger partial charge in [-0.3, -0.25) is 0 Å². The van der Waals surface area contributed by atoms with E-state index in [4.69, 9.17) is 10.5 Å². The molecule has 0 N–H and O–H groups in total. The van der Waals surface area contributed by atoms with E-state index in [1.165, 1.54) is 5.40 Å². The van der Waals surface area contributed by atoms with Crippen molar-refractivity contribution >= 4 is 47.0 Å². The molecule has 0 fully saturated rings. The van der Waals surface area contributed by atoms with Gasteiger partial charge in [-0.15, -0.1) is 0 Å². The number of thiocyanates is 2. The smallest absolute Gasteiger partial charge is 0.696 e. The van der Waals surface area contributed by atoms with E-state index in [0.717, 1.165) is 11.8 Å². The minimum atomic E-state index is -5.33. The van der Waals surface area contributed by atoms with Crippen molar-refractivity contribution in [1.82, 2.24) is 0 Å². The molecule has 0 aliphatic carbocycles. The number of alkyl halides is 15. The molecule has 0 amide bonds. The molecule has 20 heteroatoms. The number of nitriles is 2. The van der Waals surface area contributed by atoms with Gasteiger partial charge < -0.3 is 12.6 Å². The van der Waals surface area contributed by atoms with Crippen LogP contribution in [-0.4, -0.2) is 46.2 Å². The van der Waals surface area contributed by atoms with Gasteiger partial charge in [0.15, 0.2) is 0 Å². The summed E-state index contributed by atoms with van der Waals surface area (Å²) in [6.07, 6.45) is -23.7. The summed E-state index contributed by atoms with van der Waals surface area (Å²) in [5, 5.41) is 18.4. The molecular weight excluding hydrogens is 788 g/mol. The summed E-state index contributed by atoms with van der Waals surface area (Å²) in [4.78, 5) is 0. The maximum atomic E-state index is 13.3. The number of nitrogens with zero attached hydrogens (tertiary/aromatic N) is 2. The first-order valence-electron chi connectivity index (χ1n) is 11.5. The second-order valence-corrected chi connectivity index (χ2v) is 11.1. The average molecular weight is 817 g/mol. The molecule has 0 saturated heterocycles. The van der Waals surface area contributed by atoms with Gasteiger partial charge in [-0.25, -0.2) is 14.0 Å². The van der Waals surface area contributed by atoms with E-state index < -0.39 is 73.6 Å². The van der Waals surface area contributed by atoms with Crippen LogP contribution in [0.1, 0.15) is 65.2 Å². The largest absolute Gasteiger partial charge is 1.00 e. The van der Waals surface area contributed by atoms with Crippen molar-refractivity contribution < 1.29 is 113 Å². The first-order chi connectivity index (χ1) is 18.2. The summed E-state index contributed by atoms with van der Waals surface area (Å²) in [7, 11) is 0. The van der Waals surface area contributed by atoms with Crippen molar-refractivity contribution in [2.24, 2.45) is 11.8 Å². The molecule has 0 bridgehead atoms. The molecule has 0 heterocycles. The molecule has 2 nitrogen and oxygen atoms in total. The van der Waals surface area contributed by atoms with Crippen molar-refractivity contribution in [3.63, 3.8) is 0 Å². The Morgan fingerprint density at radius 3 is 1.21 bits per heavy atom. The zero-order valence-electron chi connectivity index (χ0n) is 22.6. The minimum absolute atomic E-state index is 0. The molecule has 0 spiro atoms. The Hall–Kier alpha value is 0.936. The summed E-state index contributed by atoms with van der Waals surface area (Å²) in [5.41, 5.74) is -7.67. The minimum Gasteiger partial charge on any atom is -0.696 e. The molecule has 0 aromatic carbocycles. The van der Waals surface area contributed by atoms with E-state index in [-0.39, 0.29) is 84.5 Å². The number of unbranched alkanes of at least 4 members (excludes halogenated alkanes) is 2. The molecule has 42 heavy (non-hydrogen) atoms. The van der Waals surface area contributed by atoms with Gasteiger partial charge in [0.1, 0.15) is 5.40 Å². The summed E-state index contributed by atoms with van der Waals surface area (Å²) in [6.45, 7) is 0.279. The van der Waals surface area contributed by atoms with Crippen LogP contribution in [-0.2, 0) is 12.6 Å². The maximum absolute atomic E-state index is 13.3. The van der Waals surface area contributed by atoms with Gasteiger partial charge in [0.25, 0.3) is 0 Å². The standard InChI is InChI=1S/C11H14F7NS.C10H14F7I.CHNS.K/c1-9(12,11(16,17)18)6-8(10(13,14)15)4-2-3-5-20-7-19;1-8(11,10(15,16)17)6-7(9(12,13)14)4-2-3-5-18;2-1-3;/h8H,2-6H2,1H3;7H,2-6H2,1H3;3H;/q;;;+1/p-1. The fourth-order valence-electron chi connectivity index (χ4n) is 3.02. The van der Waals surface area contributed by atoms with Crippen LogP contribution in [0.25, 0.3) is 0 Å². The van der Waals surface area contributed by atoms with Crippen molar-refractivity contribution in [1.29, 1.82) is 10.5 Å². The molecule has 244 valence electrons. The van der Waals surface area contributed by atoms with Crippen molar-refractivity contribution in [2.45, 2.75) is 101 Å². The number of rotatable bonds is 13. The Morgan fingerprint density at radius 2 is 0.976 bits per heavy atom. The summed E-state index contributed by atoms with van der Waals surface area (Å²) < 4.78 is 176. The van der Waals surface area contributed by atoms with E-state index in [2.05, 4.69) is 12.6 Å². The van der Waals surface area contributed by atoms with Crippen LogP contribution in [0.3, 0.4) is 0 Å². The first-order valence-corrected chi connectivity index (χ1v) is 14.4. The van der Waals surface area contributed by atoms with Gasteiger partial charge in [-0.1, -0.05) is 40.8 Å². The molecule has 0 radical (unpaired) electrons. The summed E-state index contributed by atoms with van der Waals surface area (Å²) >= 11 is 6.51. The normalized spacial score (nSPS) is 16.4. The van der Waals surface area contributed by atoms with Crippen molar-refractivity contribution in [3.8, 4) is 10.8 Å². The van der Waals surface area contributed by atoms with Crippen LogP contribution >= 0.6 is 34.4 Å². The molecule has 0 aromatic heterocycles. The van der Waals surface area contributed by atoms with Crippen LogP contribution in [0.5, 0.6) is 0 Å². The fourth-order valence-corrected chi connectivity index (χ4v) is 3.99. The Kier molecular flexibility index (Phi) is 26.6. The van der Waals surface area contributed by atoms with E-state index in [1.807, 2.05) is 22.6 Å². The predicted octanol–water partition coefficient (Wildman–Crippen LogP) is 7.70. The van der Waals surface area contributed by atoms with Gasteiger partial charge in [0, 0.05) is 18.6 Å². The van der Waals surface area contributed by atoms with Crippen LogP contribution in [0, 0.1) is 33.2 Å². The van der Waals surface area contributed by atoms with Gasteiger partial charge in [-0.2, -0.15) is 57.9 Å². The monoisotopic (exact) mass is 816 g/mol. The Morgan fingerprint density at radius 1 is 0.667 bits per heavy atom. The van der Waals surface area contributed by atoms with Crippen LogP contribution in [0.2, 0.25) is 0 Å². The first kappa shape index (κ1) is 49.8. The second kappa shape index (κ2) is 22.5. The molecule has 0 aromatic rings. The van der Waals surface area contributed by atoms with E-state index >= 15 is 0 Å². The Balaban J connectivity index is -0.000000308. The number of hydrogen-bond acceptors (Lipinski definition) is 4. The molecule has 0 aliphatic heterocycles. The third kappa shape index (κ3) is 23.3. The molecule has 0 rings (SSSR count). The summed E-state index contributed by atoms with van der Waals surface area (Å²) in [5.74, 6) is -4.30. The topological polar surface area (TPSA) is 47.6 Å². The van der Waals surface area contributed by atoms with Crippen LogP contribution < -0.4 is 51.4 Å². The second-order valence-electron chi connectivity index (χ2n) is 8.99. The zero-order valence-corrected chi connectivity index (χ0v) is 29.5. The van der Waals surface area contributed by atoms with E-state index in [9.17, 15) is 61.5 Å². The zero-order chi connectivity index (χ0) is 33.3. The molecule has 4 atom stereocenters. The van der Waals surface area contributed by atoms with Crippen LogP contribution in [0.15, 0.2) is 0 Å². The van der Waals surface area contributed by atoms with Gasteiger partial charge >= 0.3 is 76.1 Å². The van der Waals surface area contributed by atoms with Crippen molar-refractivity contribution in [3.05, 3.63) is 0 Å². The number of hydrogen-bond donors (Lipinski definition) is 0. The number of halogens is 15. The third-order valence-electron chi connectivity index (χ3n) is 5.42. The molecular formula is C22H28F14IKN2S2. The van der Waals surface area contributed by atoms with Crippen LogP contribution in [0.4, 0.5) is 61.5 Å². The third-order valence-corrected chi connectivity index (χ3v) is 6.80. The fraction of sp³-hybridized carbons (Fsp3) is 0.909. The predicted molar refractivity (Wildman–Crippen MR) is 137 cm³/mol. The van der Waals surface area contributed by atoms with E-state index in [0.29, 0.717) is 16.6 Å².